The maximum Gasteiger partial charge on any atom is 0.293 e. The zero-order valence-electron chi connectivity index (χ0n) is 17.2. The number of rotatable bonds is 5. The van der Waals surface area contributed by atoms with E-state index in [0.717, 1.165) is 44.2 Å². The molecule has 2 atom stereocenters. The summed E-state index contributed by atoms with van der Waals surface area (Å²) in [6, 6.07) is 11.7. The Morgan fingerprint density at radius 1 is 1.13 bits per heavy atom. The number of methoxy groups -OCH3 is 1. The Morgan fingerprint density at radius 2 is 1.93 bits per heavy atom. The molecule has 0 unspecified atom stereocenters. The molecule has 156 valence electrons. The second-order valence-electron chi connectivity index (χ2n) is 8.16. The molecule has 2 aliphatic rings. The highest BCUT2D eigenvalue weighted by Gasteiger charge is 2.39. The summed E-state index contributed by atoms with van der Waals surface area (Å²) in [5.41, 5.74) is 0.713. The highest BCUT2D eigenvalue weighted by molar-refractivity contribution is 7.11. The average Bonchev–Trinajstić information content (AvgIpc) is 3.44. The third-order valence-corrected chi connectivity index (χ3v) is 7.05. The van der Waals surface area contributed by atoms with Crippen LogP contribution in [0.4, 0.5) is 5.69 Å². The summed E-state index contributed by atoms with van der Waals surface area (Å²) in [5.74, 6) is 2.96. The van der Waals surface area contributed by atoms with Crippen LogP contribution < -0.4 is 10.1 Å². The minimum Gasteiger partial charge on any atom is -0.497 e. The topological polar surface area (TPSA) is 72.3 Å². The fraction of sp³-hybridized carbons (Fsp3) is 0.409. The Labute approximate surface area is 179 Å². The molecule has 3 aromatic rings. The van der Waals surface area contributed by atoms with E-state index in [1.807, 2.05) is 40.2 Å². The van der Waals surface area contributed by atoms with Gasteiger partial charge in [-0.1, -0.05) is 0 Å². The quantitative estimate of drug-likeness (QED) is 0.682. The number of nitrogens with zero attached hydrogens (tertiary/aromatic N) is 4. The molecule has 2 aliphatic heterocycles. The molecule has 8 heteroatoms. The molecule has 7 nitrogen and oxygen atoms in total. The lowest BCUT2D eigenvalue weighted by molar-refractivity contribution is 0.100. The van der Waals surface area contributed by atoms with Crippen molar-refractivity contribution in [1.29, 1.82) is 0 Å². The van der Waals surface area contributed by atoms with E-state index in [0.29, 0.717) is 23.3 Å². The number of hydrogen-bond donors (Lipinski definition) is 1. The summed E-state index contributed by atoms with van der Waals surface area (Å²) in [6.45, 7) is 6.11. The first-order chi connectivity index (χ1) is 14.6. The number of ether oxygens (including phenoxy) is 1. The fourth-order valence-corrected chi connectivity index (χ4v) is 5.50. The molecular formula is C22H25N5O2S. The van der Waals surface area contributed by atoms with Gasteiger partial charge in [-0.15, -0.1) is 21.5 Å². The van der Waals surface area contributed by atoms with Crippen LogP contribution in [0.2, 0.25) is 0 Å². The number of nitrogens with one attached hydrogen (secondary N) is 1. The minimum atomic E-state index is -0.221. The first-order valence-electron chi connectivity index (χ1n) is 10.2. The molecular weight excluding hydrogens is 398 g/mol. The molecule has 5 rings (SSSR count). The summed E-state index contributed by atoms with van der Waals surface area (Å²) in [5, 5.41) is 11.5. The summed E-state index contributed by atoms with van der Waals surface area (Å²) >= 11 is 1.88. The van der Waals surface area contributed by atoms with E-state index in [4.69, 9.17) is 4.74 Å². The highest BCUT2D eigenvalue weighted by Crippen LogP contribution is 2.34. The van der Waals surface area contributed by atoms with Crippen molar-refractivity contribution in [3.63, 3.8) is 0 Å². The van der Waals surface area contributed by atoms with Gasteiger partial charge in [-0.25, -0.2) is 0 Å². The monoisotopic (exact) mass is 423 g/mol. The van der Waals surface area contributed by atoms with E-state index in [9.17, 15) is 4.79 Å². The van der Waals surface area contributed by atoms with Gasteiger partial charge in [-0.3, -0.25) is 9.69 Å². The van der Waals surface area contributed by atoms with E-state index in [-0.39, 0.29) is 5.91 Å². The first-order valence-corrected chi connectivity index (χ1v) is 11.1. The van der Waals surface area contributed by atoms with Crippen LogP contribution in [0.1, 0.15) is 26.2 Å². The van der Waals surface area contributed by atoms with Gasteiger partial charge < -0.3 is 14.6 Å². The van der Waals surface area contributed by atoms with Crippen molar-refractivity contribution in [3.8, 4) is 5.75 Å². The van der Waals surface area contributed by atoms with Gasteiger partial charge in [0, 0.05) is 48.0 Å². The third kappa shape index (κ3) is 3.73. The Morgan fingerprint density at radius 3 is 2.67 bits per heavy atom. The lowest BCUT2D eigenvalue weighted by Gasteiger charge is -2.25. The molecule has 0 radical (unpaired) electrons. The molecule has 1 amide bonds. The van der Waals surface area contributed by atoms with Crippen LogP contribution in [0, 0.1) is 18.8 Å². The van der Waals surface area contributed by atoms with Gasteiger partial charge in [0.1, 0.15) is 11.6 Å². The average molecular weight is 424 g/mol. The summed E-state index contributed by atoms with van der Waals surface area (Å²) in [4.78, 5) is 18.1. The number of amides is 1. The number of carbonyl (C=O) groups excluding carboxylic acids is 1. The number of fused-ring (bicyclic) bond motifs is 2. The van der Waals surface area contributed by atoms with Crippen molar-refractivity contribution >= 4 is 22.9 Å². The molecule has 1 saturated heterocycles. The van der Waals surface area contributed by atoms with Crippen molar-refractivity contribution < 1.29 is 9.53 Å². The number of aryl methyl sites for hydroxylation is 1. The van der Waals surface area contributed by atoms with Crippen LogP contribution in [-0.2, 0) is 19.5 Å². The van der Waals surface area contributed by atoms with E-state index < -0.39 is 0 Å². The maximum atomic E-state index is 12.8. The van der Waals surface area contributed by atoms with Crippen molar-refractivity contribution in [3.05, 3.63) is 57.8 Å². The zero-order valence-corrected chi connectivity index (χ0v) is 18.0. The van der Waals surface area contributed by atoms with Crippen LogP contribution in [0.25, 0.3) is 0 Å². The third-order valence-electron chi connectivity index (χ3n) is 6.07. The SMILES string of the molecule is COc1ccc(NC(=O)c2nnc3n2C[C@@H]2CN(Cc4ccc(C)s4)C[C@H]2C3)cc1. The summed E-state index contributed by atoms with van der Waals surface area (Å²) < 4.78 is 7.18. The molecule has 0 bridgehead atoms. The van der Waals surface area contributed by atoms with E-state index in [1.54, 1.807) is 7.11 Å². The van der Waals surface area contributed by atoms with Crippen LogP contribution in [0.15, 0.2) is 36.4 Å². The molecule has 1 aromatic carbocycles. The van der Waals surface area contributed by atoms with Crippen LogP contribution >= 0.6 is 11.3 Å². The molecule has 0 spiro atoms. The van der Waals surface area contributed by atoms with Gasteiger partial charge in [0.25, 0.3) is 5.91 Å². The lowest BCUT2D eigenvalue weighted by atomic mass is 9.89. The second-order valence-corrected chi connectivity index (χ2v) is 9.54. The smallest absolute Gasteiger partial charge is 0.293 e. The van der Waals surface area contributed by atoms with Crippen LogP contribution in [0.5, 0.6) is 5.75 Å². The van der Waals surface area contributed by atoms with Crippen molar-refractivity contribution in [2.45, 2.75) is 26.4 Å². The lowest BCUT2D eigenvalue weighted by Crippen LogP contribution is -2.31. The Kier molecular flexibility index (Phi) is 5.04. The molecule has 1 N–H and O–H groups in total. The number of aromatic nitrogens is 3. The molecule has 0 saturated carbocycles. The zero-order chi connectivity index (χ0) is 20.7. The molecule has 2 aromatic heterocycles. The number of benzene rings is 1. The molecule has 1 fully saturated rings. The maximum absolute atomic E-state index is 12.8. The van der Waals surface area contributed by atoms with Crippen molar-refractivity contribution in [1.82, 2.24) is 19.7 Å². The number of thiophene rings is 1. The van der Waals surface area contributed by atoms with Crippen LogP contribution in [0.3, 0.4) is 0 Å². The number of likely N-dealkylation sites (tertiary alicyclic amines) is 1. The van der Waals surface area contributed by atoms with Crippen LogP contribution in [-0.4, -0.2) is 45.8 Å². The first kappa shape index (κ1) is 19.3. The number of hydrogen-bond acceptors (Lipinski definition) is 6. The minimum absolute atomic E-state index is 0.221. The van der Waals surface area contributed by atoms with Gasteiger partial charge in [-0.05, 0) is 55.2 Å². The van der Waals surface area contributed by atoms with E-state index in [2.05, 4.69) is 39.5 Å². The van der Waals surface area contributed by atoms with Gasteiger partial charge in [-0.2, -0.15) is 0 Å². The van der Waals surface area contributed by atoms with Gasteiger partial charge in [0.2, 0.25) is 5.82 Å². The second kappa shape index (κ2) is 7.85. The highest BCUT2D eigenvalue weighted by atomic mass is 32.1. The fourth-order valence-electron chi connectivity index (χ4n) is 4.57. The Hall–Kier alpha value is -2.71. The summed E-state index contributed by atoms with van der Waals surface area (Å²) in [6.07, 6.45) is 0.882. The number of anilines is 1. The van der Waals surface area contributed by atoms with E-state index >= 15 is 0 Å². The normalized spacial score (nSPS) is 20.6. The number of carbonyl (C=O) groups is 1. The largest absolute Gasteiger partial charge is 0.497 e. The summed E-state index contributed by atoms with van der Waals surface area (Å²) in [7, 11) is 1.62. The van der Waals surface area contributed by atoms with E-state index in [1.165, 1.54) is 9.75 Å². The predicted molar refractivity (Wildman–Crippen MR) is 116 cm³/mol. The predicted octanol–water partition coefficient (Wildman–Crippen LogP) is 3.21. The standard InChI is InChI=1S/C22H25N5O2S/c1-14-3-8-19(30-14)13-26-10-15-9-20-24-25-21(27(20)12-16(15)11-26)22(28)23-17-4-6-18(29-2)7-5-17/h3-8,15-16H,9-13H2,1-2H3,(H,23,28)/t15-,16+/m1/s1. The van der Waals surface area contributed by atoms with Crippen molar-refractivity contribution in [2.75, 3.05) is 25.5 Å². The Balaban J connectivity index is 1.26. The van der Waals surface area contributed by atoms with Gasteiger partial charge >= 0.3 is 0 Å². The van der Waals surface area contributed by atoms with Gasteiger partial charge in [0.15, 0.2) is 0 Å². The molecule has 30 heavy (non-hydrogen) atoms. The van der Waals surface area contributed by atoms with Gasteiger partial charge in [0.05, 0.1) is 7.11 Å². The molecule has 0 aliphatic carbocycles. The Bertz CT molecular complexity index is 1060. The van der Waals surface area contributed by atoms with Crippen molar-refractivity contribution in [2.24, 2.45) is 11.8 Å². The molecule has 4 heterocycles.